The molecule has 4 rings (SSSR count). The molecule has 4 aromatic rings. The average molecular weight is 340 g/mol. The number of unbranched alkanes of at least 4 members (excludes halogenated alkanes) is 1. The Bertz CT molecular complexity index is 985. The summed E-state index contributed by atoms with van der Waals surface area (Å²) < 4.78 is 2.44. The molecule has 2 aromatic heterocycles. The van der Waals surface area contributed by atoms with E-state index in [-0.39, 0.29) is 0 Å². The molecule has 0 spiro atoms. The number of pyridine rings is 1. The van der Waals surface area contributed by atoms with Crippen LogP contribution in [0.3, 0.4) is 0 Å². The molecule has 2 nitrogen and oxygen atoms in total. The Morgan fingerprint density at radius 3 is 2.35 bits per heavy atom. The zero-order valence-electron chi connectivity index (χ0n) is 15.2. The van der Waals surface area contributed by atoms with Gasteiger partial charge in [-0.1, -0.05) is 74.0 Å². The zero-order valence-corrected chi connectivity index (χ0v) is 15.2. The van der Waals surface area contributed by atoms with Crippen molar-refractivity contribution in [3.05, 3.63) is 90.3 Å². The maximum Gasteiger partial charge on any atom is 0.0677 e. The van der Waals surface area contributed by atoms with Gasteiger partial charge in [0, 0.05) is 18.1 Å². The molecule has 0 aliphatic carbocycles. The molecular formula is C24H24N2. The zero-order chi connectivity index (χ0) is 17.8. The van der Waals surface area contributed by atoms with E-state index < -0.39 is 0 Å². The lowest BCUT2D eigenvalue weighted by Gasteiger charge is -2.13. The van der Waals surface area contributed by atoms with E-state index in [4.69, 9.17) is 0 Å². The Morgan fingerprint density at radius 1 is 0.885 bits per heavy atom. The maximum atomic E-state index is 4.42. The molecule has 0 saturated carbocycles. The van der Waals surface area contributed by atoms with Crippen molar-refractivity contribution < 1.29 is 0 Å². The van der Waals surface area contributed by atoms with Gasteiger partial charge in [0.1, 0.15) is 0 Å². The number of benzene rings is 2. The first kappa shape index (κ1) is 16.6. The Morgan fingerprint density at radius 2 is 1.62 bits per heavy atom. The van der Waals surface area contributed by atoms with E-state index in [1.165, 1.54) is 46.1 Å². The summed E-state index contributed by atoms with van der Waals surface area (Å²) in [6, 6.07) is 23.6. The lowest BCUT2D eigenvalue weighted by atomic mass is 10.0. The van der Waals surface area contributed by atoms with Gasteiger partial charge in [-0.3, -0.25) is 4.98 Å². The molecule has 2 aromatic carbocycles. The van der Waals surface area contributed by atoms with Gasteiger partial charge in [0.25, 0.3) is 0 Å². The summed E-state index contributed by atoms with van der Waals surface area (Å²) >= 11 is 0. The van der Waals surface area contributed by atoms with E-state index in [1.807, 2.05) is 12.4 Å². The summed E-state index contributed by atoms with van der Waals surface area (Å²) in [4.78, 5) is 4.42. The molecule has 0 aliphatic heterocycles. The number of nitrogens with zero attached hydrogens (tertiary/aromatic N) is 2. The van der Waals surface area contributed by atoms with Crippen LogP contribution in [0.2, 0.25) is 0 Å². The standard InChI is InChI=1S/C24H24N2/c1-2-3-14-22-21-15-16-25-17-23(21)26(18-19-10-6-4-7-11-19)24(22)20-12-8-5-9-13-20/h4-13,15-17H,2-3,14,18H2,1H3. The van der Waals surface area contributed by atoms with E-state index in [0.29, 0.717) is 0 Å². The van der Waals surface area contributed by atoms with Crippen LogP contribution < -0.4 is 0 Å². The highest BCUT2D eigenvalue weighted by Gasteiger charge is 2.18. The third kappa shape index (κ3) is 3.15. The third-order valence-corrected chi connectivity index (χ3v) is 4.98. The van der Waals surface area contributed by atoms with Crippen LogP contribution in [-0.4, -0.2) is 9.55 Å². The Kier molecular flexibility index (Phi) is 4.83. The molecule has 26 heavy (non-hydrogen) atoms. The molecular weight excluding hydrogens is 316 g/mol. The molecule has 0 N–H and O–H groups in total. The van der Waals surface area contributed by atoms with E-state index in [1.54, 1.807) is 0 Å². The first-order chi connectivity index (χ1) is 12.9. The summed E-state index contributed by atoms with van der Waals surface area (Å²) in [5.74, 6) is 0. The van der Waals surface area contributed by atoms with Gasteiger partial charge in [0.05, 0.1) is 17.4 Å². The highest BCUT2D eigenvalue weighted by molar-refractivity contribution is 5.91. The van der Waals surface area contributed by atoms with Gasteiger partial charge in [0.15, 0.2) is 0 Å². The lowest BCUT2D eigenvalue weighted by Crippen LogP contribution is -2.03. The molecule has 0 bridgehead atoms. The average Bonchev–Trinajstić information content (AvgIpc) is 3.01. The van der Waals surface area contributed by atoms with Crippen LogP contribution >= 0.6 is 0 Å². The van der Waals surface area contributed by atoms with Crippen LogP contribution in [0, 0.1) is 0 Å². The number of fused-ring (bicyclic) bond motifs is 1. The van der Waals surface area contributed by atoms with Gasteiger partial charge in [-0.15, -0.1) is 0 Å². The highest BCUT2D eigenvalue weighted by Crippen LogP contribution is 2.35. The van der Waals surface area contributed by atoms with Crippen molar-refractivity contribution in [2.75, 3.05) is 0 Å². The fraction of sp³-hybridized carbons (Fsp3) is 0.208. The Hall–Kier alpha value is -2.87. The lowest BCUT2D eigenvalue weighted by molar-refractivity contribution is 0.788. The fourth-order valence-corrected chi connectivity index (χ4v) is 3.73. The minimum atomic E-state index is 0.861. The predicted octanol–water partition coefficient (Wildman–Crippen LogP) is 6.09. The van der Waals surface area contributed by atoms with Gasteiger partial charge in [-0.05, 0) is 35.6 Å². The normalized spacial score (nSPS) is 11.1. The molecule has 0 atom stereocenters. The number of aryl methyl sites for hydroxylation is 1. The largest absolute Gasteiger partial charge is 0.334 e. The predicted molar refractivity (Wildman–Crippen MR) is 109 cm³/mol. The molecule has 2 heteroatoms. The SMILES string of the molecule is CCCCc1c(-c2ccccc2)n(Cc2ccccc2)c2cnccc12. The molecule has 2 heterocycles. The minimum absolute atomic E-state index is 0.861. The van der Waals surface area contributed by atoms with Crippen molar-refractivity contribution in [2.45, 2.75) is 32.7 Å². The molecule has 0 amide bonds. The summed E-state index contributed by atoms with van der Waals surface area (Å²) in [6.07, 6.45) is 7.43. The Balaban J connectivity index is 1.95. The number of hydrogen-bond donors (Lipinski definition) is 0. The maximum absolute atomic E-state index is 4.42. The number of rotatable bonds is 6. The van der Waals surface area contributed by atoms with Gasteiger partial charge < -0.3 is 4.57 Å². The van der Waals surface area contributed by atoms with Crippen molar-refractivity contribution in [3.8, 4) is 11.3 Å². The summed E-state index contributed by atoms with van der Waals surface area (Å²) in [6.45, 7) is 3.12. The van der Waals surface area contributed by atoms with Crippen LogP contribution in [0.15, 0.2) is 79.1 Å². The van der Waals surface area contributed by atoms with E-state index in [0.717, 1.165) is 13.0 Å². The molecule has 0 aliphatic rings. The molecule has 0 radical (unpaired) electrons. The third-order valence-electron chi connectivity index (χ3n) is 4.98. The van der Waals surface area contributed by atoms with Crippen LogP contribution in [0.5, 0.6) is 0 Å². The van der Waals surface area contributed by atoms with Crippen molar-refractivity contribution in [1.82, 2.24) is 9.55 Å². The van der Waals surface area contributed by atoms with Crippen molar-refractivity contribution >= 4 is 10.9 Å². The first-order valence-electron chi connectivity index (χ1n) is 9.43. The topological polar surface area (TPSA) is 17.8 Å². The Labute approximate surface area is 155 Å². The van der Waals surface area contributed by atoms with Crippen LogP contribution in [0.4, 0.5) is 0 Å². The van der Waals surface area contributed by atoms with E-state index >= 15 is 0 Å². The van der Waals surface area contributed by atoms with Crippen molar-refractivity contribution in [3.63, 3.8) is 0 Å². The number of aromatic nitrogens is 2. The second-order valence-corrected chi connectivity index (χ2v) is 6.76. The fourth-order valence-electron chi connectivity index (χ4n) is 3.73. The van der Waals surface area contributed by atoms with Crippen molar-refractivity contribution in [1.29, 1.82) is 0 Å². The smallest absolute Gasteiger partial charge is 0.0677 e. The highest BCUT2D eigenvalue weighted by atomic mass is 15.0. The van der Waals surface area contributed by atoms with Gasteiger partial charge in [0.2, 0.25) is 0 Å². The summed E-state index contributed by atoms with van der Waals surface area (Å²) in [7, 11) is 0. The minimum Gasteiger partial charge on any atom is -0.334 e. The molecule has 130 valence electrons. The second-order valence-electron chi connectivity index (χ2n) is 6.76. The summed E-state index contributed by atoms with van der Waals surface area (Å²) in [5, 5.41) is 1.34. The van der Waals surface area contributed by atoms with Crippen molar-refractivity contribution in [2.24, 2.45) is 0 Å². The second kappa shape index (κ2) is 7.57. The van der Waals surface area contributed by atoms with Crippen LogP contribution in [0.1, 0.15) is 30.9 Å². The van der Waals surface area contributed by atoms with Gasteiger partial charge in [-0.2, -0.15) is 0 Å². The monoisotopic (exact) mass is 340 g/mol. The van der Waals surface area contributed by atoms with Crippen LogP contribution in [-0.2, 0) is 13.0 Å². The van der Waals surface area contributed by atoms with E-state index in [9.17, 15) is 0 Å². The molecule has 0 unspecified atom stereocenters. The van der Waals surface area contributed by atoms with E-state index in [2.05, 4.69) is 83.2 Å². The molecule has 0 saturated heterocycles. The van der Waals surface area contributed by atoms with Gasteiger partial charge in [-0.25, -0.2) is 0 Å². The number of hydrogen-bond acceptors (Lipinski definition) is 1. The van der Waals surface area contributed by atoms with Crippen LogP contribution in [0.25, 0.3) is 22.2 Å². The summed E-state index contributed by atoms with van der Waals surface area (Å²) in [5.41, 5.74) is 6.61. The first-order valence-corrected chi connectivity index (χ1v) is 9.43. The quantitative estimate of drug-likeness (QED) is 0.415. The van der Waals surface area contributed by atoms with Gasteiger partial charge >= 0.3 is 0 Å². The molecule has 0 fully saturated rings.